The zero-order valence-corrected chi connectivity index (χ0v) is 15.5. The number of carbonyl (C=O) groups is 1. The molecule has 0 aliphatic heterocycles. The van der Waals surface area contributed by atoms with Crippen molar-refractivity contribution in [2.24, 2.45) is 0 Å². The number of halogens is 2. The quantitative estimate of drug-likeness (QED) is 0.603. The van der Waals surface area contributed by atoms with E-state index >= 15 is 0 Å². The molecule has 0 amide bonds. The molecular formula is C18H13Cl2NO3S. The van der Waals surface area contributed by atoms with Crippen molar-refractivity contribution in [2.75, 3.05) is 0 Å². The third kappa shape index (κ3) is 3.79. The second-order valence-corrected chi connectivity index (χ2v) is 7.04. The summed E-state index contributed by atoms with van der Waals surface area (Å²) < 4.78 is 5.90. The number of nitrogens with zero attached hydrogens (tertiary/aromatic N) is 1. The lowest BCUT2D eigenvalue weighted by atomic mass is 10.2. The van der Waals surface area contributed by atoms with Crippen LogP contribution in [0.5, 0.6) is 5.75 Å². The van der Waals surface area contributed by atoms with Gasteiger partial charge in [0, 0.05) is 15.6 Å². The van der Waals surface area contributed by atoms with Gasteiger partial charge in [-0.05, 0) is 31.2 Å². The number of hydrogen-bond acceptors (Lipinski definition) is 4. The van der Waals surface area contributed by atoms with Gasteiger partial charge in [-0.1, -0.05) is 41.4 Å². The molecule has 0 atom stereocenters. The molecule has 0 saturated heterocycles. The second kappa shape index (κ2) is 7.44. The van der Waals surface area contributed by atoms with Gasteiger partial charge < -0.3 is 9.84 Å². The molecule has 4 nitrogen and oxygen atoms in total. The molecule has 128 valence electrons. The highest BCUT2D eigenvalue weighted by atomic mass is 35.5. The predicted octanol–water partition coefficient (Wildman–Crippen LogP) is 5.70. The van der Waals surface area contributed by atoms with Crippen molar-refractivity contribution in [1.82, 2.24) is 4.98 Å². The number of para-hydroxylation sites is 1. The fourth-order valence-corrected chi connectivity index (χ4v) is 3.74. The molecule has 2 aromatic carbocycles. The van der Waals surface area contributed by atoms with E-state index in [1.165, 1.54) is 0 Å². The number of carboxylic acids is 1. The van der Waals surface area contributed by atoms with Crippen LogP contribution >= 0.6 is 34.5 Å². The van der Waals surface area contributed by atoms with Gasteiger partial charge in [-0.15, -0.1) is 11.3 Å². The molecule has 1 N–H and O–H groups in total. The number of carboxylic acid groups (broad SMARTS) is 1. The smallest absolute Gasteiger partial charge is 0.347 e. The highest BCUT2D eigenvalue weighted by Crippen LogP contribution is 2.35. The topological polar surface area (TPSA) is 59.4 Å². The van der Waals surface area contributed by atoms with Gasteiger partial charge in [0.2, 0.25) is 0 Å². The molecule has 7 heteroatoms. The van der Waals surface area contributed by atoms with E-state index in [1.807, 2.05) is 18.2 Å². The first kappa shape index (κ1) is 17.7. The minimum Gasteiger partial charge on any atom is -0.488 e. The molecule has 3 rings (SSSR count). The van der Waals surface area contributed by atoms with Gasteiger partial charge in [0.25, 0.3) is 0 Å². The molecule has 0 bridgehead atoms. The summed E-state index contributed by atoms with van der Waals surface area (Å²) in [6, 6.07) is 12.6. The Bertz CT molecular complexity index is 920. The Kier molecular flexibility index (Phi) is 5.27. The first-order valence-corrected chi connectivity index (χ1v) is 8.90. The van der Waals surface area contributed by atoms with Gasteiger partial charge in [0.05, 0.1) is 11.3 Å². The SMILES string of the molecule is Cc1nc(-c2ccccc2OCc2c(Cl)cccc2Cl)sc1C(=O)O. The lowest BCUT2D eigenvalue weighted by Crippen LogP contribution is -1.98. The average Bonchev–Trinajstić information content (AvgIpc) is 2.97. The Hall–Kier alpha value is -2.08. The van der Waals surface area contributed by atoms with Crippen LogP contribution in [0, 0.1) is 6.92 Å². The fourth-order valence-electron chi connectivity index (χ4n) is 2.30. The summed E-state index contributed by atoms with van der Waals surface area (Å²) in [5.41, 5.74) is 1.91. The number of aryl methyl sites for hydroxylation is 1. The van der Waals surface area contributed by atoms with Crippen molar-refractivity contribution in [3.8, 4) is 16.3 Å². The Morgan fingerprint density at radius 1 is 1.16 bits per heavy atom. The van der Waals surface area contributed by atoms with E-state index in [4.69, 9.17) is 27.9 Å². The summed E-state index contributed by atoms with van der Waals surface area (Å²) in [6.45, 7) is 1.88. The number of rotatable bonds is 5. The van der Waals surface area contributed by atoms with Crippen LogP contribution in [-0.2, 0) is 6.61 Å². The minimum absolute atomic E-state index is 0.200. The van der Waals surface area contributed by atoms with Crippen LogP contribution in [0.2, 0.25) is 10.0 Å². The molecule has 0 fully saturated rings. The Labute approximate surface area is 158 Å². The maximum atomic E-state index is 11.2. The Balaban J connectivity index is 1.92. The zero-order valence-electron chi connectivity index (χ0n) is 13.1. The van der Waals surface area contributed by atoms with Gasteiger partial charge in [0.15, 0.2) is 0 Å². The first-order valence-electron chi connectivity index (χ1n) is 7.33. The third-order valence-corrected chi connectivity index (χ3v) is 5.43. The van der Waals surface area contributed by atoms with E-state index in [2.05, 4.69) is 4.98 Å². The number of hydrogen-bond donors (Lipinski definition) is 1. The van der Waals surface area contributed by atoms with Crippen LogP contribution in [0.15, 0.2) is 42.5 Å². The highest BCUT2D eigenvalue weighted by Gasteiger charge is 2.17. The minimum atomic E-state index is -0.984. The molecule has 1 aromatic heterocycles. The van der Waals surface area contributed by atoms with Crippen LogP contribution in [0.25, 0.3) is 10.6 Å². The van der Waals surface area contributed by atoms with E-state index < -0.39 is 5.97 Å². The number of aromatic carboxylic acids is 1. The first-order chi connectivity index (χ1) is 12.0. The molecule has 1 heterocycles. The second-order valence-electron chi connectivity index (χ2n) is 5.22. The largest absolute Gasteiger partial charge is 0.488 e. The Morgan fingerprint density at radius 3 is 2.48 bits per heavy atom. The van der Waals surface area contributed by atoms with Gasteiger partial charge in [-0.3, -0.25) is 0 Å². The van der Waals surface area contributed by atoms with Gasteiger partial charge >= 0.3 is 5.97 Å². The van der Waals surface area contributed by atoms with Crippen LogP contribution in [0.3, 0.4) is 0 Å². The maximum Gasteiger partial charge on any atom is 0.347 e. The predicted molar refractivity (Wildman–Crippen MR) is 100 cm³/mol. The van der Waals surface area contributed by atoms with E-state index in [9.17, 15) is 9.90 Å². The van der Waals surface area contributed by atoms with E-state index in [0.717, 1.165) is 16.9 Å². The number of benzene rings is 2. The molecule has 0 radical (unpaired) electrons. The van der Waals surface area contributed by atoms with Crippen molar-refractivity contribution in [3.05, 3.63) is 68.6 Å². The van der Waals surface area contributed by atoms with Crippen molar-refractivity contribution < 1.29 is 14.6 Å². The van der Waals surface area contributed by atoms with Crippen molar-refractivity contribution in [2.45, 2.75) is 13.5 Å². The normalized spacial score (nSPS) is 10.7. The lowest BCUT2D eigenvalue weighted by Gasteiger charge is -2.12. The molecule has 3 aromatic rings. The summed E-state index contributed by atoms with van der Waals surface area (Å²) >= 11 is 13.5. The maximum absolute atomic E-state index is 11.2. The third-order valence-electron chi connectivity index (χ3n) is 3.54. The molecular weight excluding hydrogens is 381 g/mol. The number of thiazole rings is 1. The number of ether oxygens (including phenoxy) is 1. The molecule has 0 aliphatic rings. The molecule has 0 unspecified atom stereocenters. The highest BCUT2D eigenvalue weighted by molar-refractivity contribution is 7.17. The fraction of sp³-hybridized carbons (Fsp3) is 0.111. The number of aromatic nitrogens is 1. The molecule has 0 aliphatic carbocycles. The lowest BCUT2D eigenvalue weighted by molar-refractivity contribution is 0.0701. The monoisotopic (exact) mass is 393 g/mol. The van der Waals surface area contributed by atoms with Crippen molar-refractivity contribution in [1.29, 1.82) is 0 Å². The van der Waals surface area contributed by atoms with Crippen molar-refractivity contribution in [3.63, 3.8) is 0 Å². The summed E-state index contributed by atoms with van der Waals surface area (Å²) in [7, 11) is 0. The van der Waals surface area contributed by atoms with Crippen LogP contribution in [-0.4, -0.2) is 16.1 Å². The van der Waals surface area contributed by atoms with Crippen LogP contribution in [0.1, 0.15) is 20.9 Å². The zero-order chi connectivity index (χ0) is 18.0. The van der Waals surface area contributed by atoms with E-state index in [1.54, 1.807) is 31.2 Å². The summed E-state index contributed by atoms with van der Waals surface area (Å²) in [6.07, 6.45) is 0. The van der Waals surface area contributed by atoms with Gasteiger partial charge in [-0.25, -0.2) is 9.78 Å². The van der Waals surface area contributed by atoms with E-state index in [-0.39, 0.29) is 11.5 Å². The van der Waals surface area contributed by atoms with E-state index in [0.29, 0.717) is 32.1 Å². The van der Waals surface area contributed by atoms with Crippen LogP contribution in [0.4, 0.5) is 0 Å². The van der Waals surface area contributed by atoms with Gasteiger partial charge in [0.1, 0.15) is 22.2 Å². The van der Waals surface area contributed by atoms with Crippen LogP contribution < -0.4 is 4.74 Å². The average molecular weight is 394 g/mol. The molecule has 0 spiro atoms. The molecule has 0 saturated carbocycles. The summed E-state index contributed by atoms with van der Waals surface area (Å²) in [4.78, 5) is 15.8. The van der Waals surface area contributed by atoms with Gasteiger partial charge in [-0.2, -0.15) is 0 Å². The Morgan fingerprint density at radius 2 is 1.84 bits per heavy atom. The molecule has 25 heavy (non-hydrogen) atoms. The summed E-state index contributed by atoms with van der Waals surface area (Å²) in [5.74, 6) is -0.397. The summed E-state index contributed by atoms with van der Waals surface area (Å²) in [5, 5.41) is 10.9. The van der Waals surface area contributed by atoms with Crippen molar-refractivity contribution >= 4 is 40.5 Å². The standard InChI is InChI=1S/C18H13Cl2NO3S/c1-10-16(18(22)23)25-17(21-10)11-5-2-3-8-15(11)24-9-12-13(19)6-4-7-14(12)20/h2-8H,9H2,1H3,(H,22,23).